The van der Waals surface area contributed by atoms with Crippen LogP contribution in [0.2, 0.25) is 0 Å². The van der Waals surface area contributed by atoms with Crippen LogP contribution in [0.25, 0.3) is 11.0 Å². The summed E-state index contributed by atoms with van der Waals surface area (Å²) in [5, 5.41) is 14.9. The third-order valence-electron chi connectivity index (χ3n) is 4.27. The number of imidazole rings is 1. The number of fused-ring (bicyclic) bond motifs is 1. The van der Waals surface area contributed by atoms with Gasteiger partial charge in [-0.15, -0.1) is 0 Å². The first-order valence-corrected chi connectivity index (χ1v) is 9.77. The molecule has 150 valence electrons. The van der Waals surface area contributed by atoms with Crippen LogP contribution in [0, 0.1) is 10.1 Å². The van der Waals surface area contributed by atoms with Gasteiger partial charge in [-0.25, -0.2) is 10.4 Å². The van der Waals surface area contributed by atoms with Crippen molar-refractivity contribution in [3.05, 3.63) is 92.4 Å². The lowest BCUT2D eigenvalue weighted by Crippen LogP contribution is -1.97. The van der Waals surface area contributed by atoms with Crippen molar-refractivity contribution in [1.82, 2.24) is 9.97 Å². The van der Waals surface area contributed by atoms with Crippen molar-refractivity contribution in [2.75, 3.05) is 5.43 Å². The van der Waals surface area contributed by atoms with Crippen LogP contribution in [0.15, 0.2) is 76.3 Å². The zero-order chi connectivity index (χ0) is 20.9. The summed E-state index contributed by atoms with van der Waals surface area (Å²) in [5.74, 6) is 1.23. The molecule has 3 aromatic carbocycles. The van der Waals surface area contributed by atoms with E-state index in [1.165, 1.54) is 12.1 Å². The first kappa shape index (κ1) is 19.6. The number of nitrogens with one attached hydrogen (secondary N) is 2. The van der Waals surface area contributed by atoms with Crippen molar-refractivity contribution < 1.29 is 9.66 Å². The van der Waals surface area contributed by atoms with Crippen LogP contribution < -0.4 is 10.2 Å². The standard InChI is InChI=1S/C21H16BrN5O3/c22-17-11-15(12-23-26-21-24-18-3-1-2-4-19(18)25-21)7-10-20(17)30-13-14-5-8-16(9-6-14)27(28)29/h1-12H,13H2,(H2,24,25,26)/b23-12-. The predicted octanol–water partition coefficient (Wildman–Crippen LogP) is 5.26. The maximum atomic E-state index is 10.7. The number of aromatic nitrogens is 2. The zero-order valence-corrected chi connectivity index (χ0v) is 17.2. The third-order valence-corrected chi connectivity index (χ3v) is 4.89. The molecule has 4 rings (SSSR count). The number of hydrazone groups is 1. The average molecular weight is 466 g/mol. The fourth-order valence-electron chi connectivity index (χ4n) is 2.76. The number of rotatable bonds is 7. The Hall–Kier alpha value is -3.72. The lowest BCUT2D eigenvalue weighted by molar-refractivity contribution is -0.384. The van der Waals surface area contributed by atoms with Gasteiger partial charge in [0.15, 0.2) is 0 Å². The minimum absolute atomic E-state index is 0.0554. The molecular weight excluding hydrogens is 450 g/mol. The molecule has 30 heavy (non-hydrogen) atoms. The van der Waals surface area contributed by atoms with Crippen LogP contribution in [0.5, 0.6) is 5.75 Å². The second-order valence-corrected chi connectivity index (χ2v) is 7.23. The van der Waals surface area contributed by atoms with Gasteiger partial charge in [-0.1, -0.05) is 12.1 Å². The van der Waals surface area contributed by atoms with Gasteiger partial charge in [0, 0.05) is 12.1 Å². The molecule has 1 aromatic heterocycles. The monoisotopic (exact) mass is 465 g/mol. The summed E-state index contributed by atoms with van der Waals surface area (Å²) in [6, 6.07) is 19.6. The molecule has 0 saturated heterocycles. The summed E-state index contributed by atoms with van der Waals surface area (Å²) < 4.78 is 6.57. The highest BCUT2D eigenvalue weighted by molar-refractivity contribution is 9.10. The van der Waals surface area contributed by atoms with E-state index in [4.69, 9.17) is 4.74 Å². The van der Waals surface area contributed by atoms with Crippen molar-refractivity contribution >= 4 is 44.8 Å². The van der Waals surface area contributed by atoms with Gasteiger partial charge in [0.05, 0.1) is 26.6 Å². The normalized spacial score (nSPS) is 11.1. The van der Waals surface area contributed by atoms with Crippen LogP contribution in [0.4, 0.5) is 11.6 Å². The number of H-pyrrole nitrogens is 1. The smallest absolute Gasteiger partial charge is 0.269 e. The highest BCUT2D eigenvalue weighted by Crippen LogP contribution is 2.26. The number of para-hydroxylation sites is 2. The maximum Gasteiger partial charge on any atom is 0.269 e. The molecule has 0 fully saturated rings. The average Bonchev–Trinajstić information content (AvgIpc) is 3.16. The highest BCUT2D eigenvalue weighted by atomic mass is 79.9. The van der Waals surface area contributed by atoms with Gasteiger partial charge in [0.25, 0.3) is 5.69 Å². The summed E-state index contributed by atoms with van der Waals surface area (Å²) in [5.41, 5.74) is 6.45. The lowest BCUT2D eigenvalue weighted by atomic mass is 10.2. The number of benzene rings is 3. The second kappa shape index (κ2) is 8.75. The molecule has 0 atom stereocenters. The Balaban J connectivity index is 1.36. The molecule has 8 nitrogen and oxygen atoms in total. The number of nitrogens with zero attached hydrogens (tertiary/aromatic N) is 3. The number of hydrogen-bond acceptors (Lipinski definition) is 6. The molecule has 0 aliphatic carbocycles. The van der Waals surface area contributed by atoms with Crippen LogP contribution in [0.3, 0.4) is 0 Å². The van der Waals surface area contributed by atoms with Crippen LogP contribution >= 0.6 is 15.9 Å². The van der Waals surface area contributed by atoms with Crippen molar-refractivity contribution in [3.8, 4) is 5.75 Å². The first-order chi connectivity index (χ1) is 14.6. The quantitative estimate of drug-likeness (QED) is 0.220. The van der Waals surface area contributed by atoms with Gasteiger partial charge in [-0.2, -0.15) is 5.10 Å². The van der Waals surface area contributed by atoms with E-state index < -0.39 is 4.92 Å². The van der Waals surface area contributed by atoms with Crippen LogP contribution in [-0.4, -0.2) is 21.1 Å². The number of non-ortho nitro benzene ring substituents is 1. The molecule has 0 radical (unpaired) electrons. The summed E-state index contributed by atoms with van der Waals surface area (Å²) in [4.78, 5) is 17.8. The van der Waals surface area contributed by atoms with Crippen molar-refractivity contribution in [2.24, 2.45) is 5.10 Å². The fourth-order valence-corrected chi connectivity index (χ4v) is 3.27. The van der Waals surface area contributed by atoms with E-state index in [1.807, 2.05) is 42.5 Å². The molecule has 4 aromatic rings. The van der Waals surface area contributed by atoms with Gasteiger partial charge in [-0.05, 0) is 69.5 Å². The summed E-state index contributed by atoms with van der Waals surface area (Å²) >= 11 is 3.50. The molecule has 0 spiro atoms. The second-order valence-electron chi connectivity index (χ2n) is 6.37. The van der Waals surface area contributed by atoms with E-state index in [2.05, 4.69) is 36.4 Å². The van der Waals surface area contributed by atoms with Gasteiger partial charge < -0.3 is 9.72 Å². The fraction of sp³-hybridized carbons (Fsp3) is 0.0476. The van der Waals surface area contributed by atoms with Crippen LogP contribution in [-0.2, 0) is 6.61 Å². The van der Waals surface area contributed by atoms with Crippen molar-refractivity contribution in [1.29, 1.82) is 0 Å². The summed E-state index contributed by atoms with van der Waals surface area (Å²) in [7, 11) is 0. The van der Waals surface area contributed by atoms with Gasteiger partial charge in [-0.3, -0.25) is 10.1 Å². The number of halogens is 1. The predicted molar refractivity (Wildman–Crippen MR) is 119 cm³/mol. The van der Waals surface area contributed by atoms with E-state index in [9.17, 15) is 10.1 Å². The largest absolute Gasteiger partial charge is 0.488 e. The molecule has 0 bridgehead atoms. The van der Waals surface area contributed by atoms with Gasteiger partial charge in [0.1, 0.15) is 12.4 Å². The molecule has 1 heterocycles. The molecule has 9 heteroatoms. The molecule has 0 unspecified atom stereocenters. The Bertz CT molecular complexity index is 1190. The minimum atomic E-state index is -0.426. The molecule has 0 aliphatic rings. The third kappa shape index (κ3) is 4.64. The number of nitro groups is 1. The van der Waals surface area contributed by atoms with E-state index in [-0.39, 0.29) is 5.69 Å². The Morgan fingerprint density at radius 3 is 2.70 bits per heavy atom. The number of nitro benzene ring substituents is 1. The van der Waals surface area contributed by atoms with E-state index in [0.29, 0.717) is 18.3 Å². The SMILES string of the molecule is O=[N+]([O-])c1ccc(COc2ccc(/C=N\Nc3nc4ccccc4[nH]3)cc2Br)cc1. The van der Waals surface area contributed by atoms with Crippen LogP contribution in [0.1, 0.15) is 11.1 Å². The van der Waals surface area contributed by atoms with Crippen molar-refractivity contribution in [2.45, 2.75) is 6.61 Å². The Kier molecular flexibility index (Phi) is 5.71. The number of ether oxygens (including phenoxy) is 1. The molecule has 0 saturated carbocycles. The molecule has 0 amide bonds. The molecule has 2 N–H and O–H groups in total. The zero-order valence-electron chi connectivity index (χ0n) is 15.6. The topological polar surface area (TPSA) is 105 Å². The summed E-state index contributed by atoms with van der Waals surface area (Å²) in [6.07, 6.45) is 1.68. The van der Waals surface area contributed by atoms with Gasteiger partial charge in [0.2, 0.25) is 5.95 Å². The summed E-state index contributed by atoms with van der Waals surface area (Å²) in [6.45, 7) is 0.303. The minimum Gasteiger partial charge on any atom is -0.488 e. The Morgan fingerprint density at radius 1 is 1.17 bits per heavy atom. The molecule has 0 aliphatic heterocycles. The lowest BCUT2D eigenvalue weighted by Gasteiger charge is -2.09. The van der Waals surface area contributed by atoms with E-state index in [1.54, 1.807) is 18.3 Å². The van der Waals surface area contributed by atoms with E-state index >= 15 is 0 Å². The Labute approximate surface area is 179 Å². The van der Waals surface area contributed by atoms with Crippen molar-refractivity contribution in [3.63, 3.8) is 0 Å². The highest BCUT2D eigenvalue weighted by Gasteiger charge is 2.06. The first-order valence-electron chi connectivity index (χ1n) is 8.98. The van der Waals surface area contributed by atoms with Gasteiger partial charge >= 0.3 is 0 Å². The maximum absolute atomic E-state index is 10.7. The molecular formula is C21H16BrN5O3. The Morgan fingerprint density at radius 2 is 1.97 bits per heavy atom. The number of anilines is 1. The van der Waals surface area contributed by atoms with E-state index in [0.717, 1.165) is 26.6 Å². The number of aromatic amines is 1. The number of hydrogen-bond donors (Lipinski definition) is 2.